The molecule has 1 nitrogen and oxygen atoms in total. The molecule has 9 heavy (non-hydrogen) atoms. The normalized spacial score (nSPS) is 47.9. The van der Waals surface area contributed by atoms with Gasteiger partial charge in [-0.2, -0.15) is 0 Å². The molecule has 0 radical (unpaired) electrons. The lowest BCUT2D eigenvalue weighted by Crippen LogP contribution is -2.22. The number of aliphatic hydroxyl groups is 1. The van der Waals surface area contributed by atoms with Crippen molar-refractivity contribution in [1.82, 2.24) is 0 Å². The summed E-state index contributed by atoms with van der Waals surface area (Å²) in [7, 11) is 0. The first-order valence-corrected chi connectivity index (χ1v) is 3.72. The summed E-state index contributed by atoms with van der Waals surface area (Å²) in [6, 6.07) is 0. The van der Waals surface area contributed by atoms with E-state index in [1.807, 2.05) is 0 Å². The van der Waals surface area contributed by atoms with Gasteiger partial charge in [0.1, 0.15) is 0 Å². The maximum absolute atomic E-state index is 9.34. The van der Waals surface area contributed by atoms with Crippen LogP contribution in [0.4, 0.5) is 0 Å². The zero-order valence-electron chi connectivity index (χ0n) is 5.46. The van der Waals surface area contributed by atoms with Crippen molar-refractivity contribution >= 4 is 0 Å². The monoisotopic (exact) mass is 124 g/mol. The lowest BCUT2D eigenvalue weighted by atomic mass is 9.86. The average molecular weight is 124 g/mol. The molecule has 1 N–H and O–H groups in total. The van der Waals surface area contributed by atoms with Crippen molar-refractivity contribution in [3.05, 3.63) is 12.2 Å². The Kier molecular flexibility index (Phi) is 1.12. The van der Waals surface area contributed by atoms with E-state index in [0.717, 1.165) is 12.3 Å². The molecule has 0 spiro atoms. The molecule has 0 saturated heterocycles. The van der Waals surface area contributed by atoms with E-state index in [0.29, 0.717) is 5.92 Å². The summed E-state index contributed by atoms with van der Waals surface area (Å²) in [4.78, 5) is 0. The van der Waals surface area contributed by atoms with Gasteiger partial charge in [-0.1, -0.05) is 12.2 Å². The summed E-state index contributed by atoms with van der Waals surface area (Å²) in [5.74, 6) is 1.31. The van der Waals surface area contributed by atoms with Crippen LogP contribution in [0.5, 0.6) is 0 Å². The molecule has 0 unspecified atom stereocenters. The molecular formula is C8H12O. The van der Waals surface area contributed by atoms with E-state index in [4.69, 9.17) is 0 Å². The van der Waals surface area contributed by atoms with E-state index >= 15 is 0 Å². The Hall–Kier alpha value is -0.300. The quantitative estimate of drug-likeness (QED) is 0.483. The molecule has 2 rings (SSSR count). The summed E-state index contributed by atoms with van der Waals surface area (Å²) in [6.07, 6.45) is 7.85. The second kappa shape index (κ2) is 1.84. The Labute approximate surface area is 55.4 Å². The largest absolute Gasteiger partial charge is 0.393 e. The van der Waals surface area contributed by atoms with E-state index in [1.165, 1.54) is 12.8 Å². The van der Waals surface area contributed by atoms with Gasteiger partial charge in [0.25, 0.3) is 0 Å². The maximum Gasteiger partial charge on any atom is 0.0603 e. The van der Waals surface area contributed by atoms with Crippen molar-refractivity contribution in [2.45, 2.75) is 25.4 Å². The third kappa shape index (κ3) is 0.799. The van der Waals surface area contributed by atoms with Crippen LogP contribution in [0.25, 0.3) is 0 Å². The van der Waals surface area contributed by atoms with Crippen LogP contribution in [0.2, 0.25) is 0 Å². The van der Waals surface area contributed by atoms with Gasteiger partial charge in [-0.05, 0) is 25.2 Å². The minimum Gasteiger partial charge on any atom is -0.393 e. The van der Waals surface area contributed by atoms with E-state index in [9.17, 15) is 5.11 Å². The zero-order valence-corrected chi connectivity index (χ0v) is 5.46. The van der Waals surface area contributed by atoms with Gasteiger partial charge in [0.2, 0.25) is 0 Å². The van der Waals surface area contributed by atoms with Gasteiger partial charge in [0, 0.05) is 5.92 Å². The van der Waals surface area contributed by atoms with E-state index in [1.54, 1.807) is 0 Å². The number of hydrogen-bond donors (Lipinski definition) is 1. The second-order valence-electron chi connectivity index (χ2n) is 3.19. The first kappa shape index (κ1) is 5.48. The Bertz CT molecular complexity index is 140. The first-order valence-electron chi connectivity index (χ1n) is 3.72. The number of allylic oxidation sites excluding steroid dienone is 1. The SMILES string of the molecule is O[C@H]1CC[C@H]2C=C[C@@H]1C2. The molecule has 1 saturated carbocycles. The lowest BCUT2D eigenvalue weighted by Gasteiger charge is -2.23. The predicted octanol–water partition coefficient (Wildman–Crippen LogP) is 1.33. The third-order valence-corrected chi connectivity index (χ3v) is 2.53. The van der Waals surface area contributed by atoms with Gasteiger partial charge in [-0.3, -0.25) is 0 Å². The fourth-order valence-electron chi connectivity index (χ4n) is 1.90. The van der Waals surface area contributed by atoms with E-state index in [-0.39, 0.29) is 6.10 Å². The van der Waals surface area contributed by atoms with Crippen molar-refractivity contribution in [3.8, 4) is 0 Å². The highest BCUT2D eigenvalue weighted by molar-refractivity contribution is 5.07. The van der Waals surface area contributed by atoms with Crippen molar-refractivity contribution in [2.24, 2.45) is 11.8 Å². The van der Waals surface area contributed by atoms with Crippen LogP contribution in [0.1, 0.15) is 19.3 Å². The predicted molar refractivity (Wildman–Crippen MR) is 36.0 cm³/mol. The van der Waals surface area contributed by atoms with Crippen LogP contribution in [-0.4, -0.2) is 11.2 Å². The van der Waals surface area contributed by atoms with Crippen LogP contribution < -0.4 is 0 Å². The maximum atomic E-state index is 9.34. The number of fused-ring (bicyclic) bond motifs is 2. The molecule has 1 heteroatoms. The van der Waals surface area contributed by atoms with Crippen LogP contribution in [-0.2, 0) is 0 Å². The van der Waals surface area contributed by atoms with E-state index in [2.05, 4.69) is 12.2 Å². The van der Waals surface area contributed by atoms with Gasteiger partial charge in [-0.25, -0.2) is 0 Å². The van der Waals surface area contributed by atoms with Crippen molar-refractivity contribution < 1.29 is 5.11 Å². The molecular weight excluding hydrogens is 112 g/mol. The van der Waals surface area contributed by atoms with Crippen LogP contribution >= 0.6 is 0 Å². The third-order valence-electron chi connectivity index (χ3n) is 2.53. The Balaban J connectivity index is 2.14. The summed E-state index contributed by atoms with van der Waals surface area (Å²) in [6.45, 7) is 0. The summed E-state index contributed by atoms with van der Waals surface area (Å²) in [5, 5.41) is 9.34. The first-order chi connectivity index (χ1) is 4.36. The molecule has 0 amide bonds. The van der Waals surface area contributed by atoms with Crippen molar-refractivity contribution in [3.63, 3.8) is 0 Å². The van der Waals surface area contributed by atoms with Gasteiger partial charge in [0.05, 0.1) is 6.10 Å². The molecule has 0 aliphatic heterocycles. The fourth-order valence-corrected chi connectivity index (χ4v) is 1.90. The van der Waals surface area contributed by atoms with Gasteiger partial charge in [-0.15, -0.1) is 0 Å². The van der Waals surface area contributed by atoms with E-state index < -0.39 is 0 Å². The highest BCUT2D eigenvalue weighted by Gasteiger charge is 2.29. The summed E-state index contributed by atoms with van der Waals surface area (Å²) in [5.41, 5.74) is 0. The van der Waals surface area contributed by atoms with Crippen LogP contribution in [0.15, 0.2) is 12.2 Å². The Morgan fingerprint density at radius 3 is 2.89 bits per heavy atom. The number of aliphatic hydroxyl groups excluding tert-OH is 1. The van der Waals surface area contributed by atoms with Gasteiger partial charge < -0.3 is 5.11 Å². The zero-order chi connectivity index (χ0) is 6.27. The average Bonchev–Trinajstić information content (AvgIpc) is 2.25. The number of rotatable bonds is 0. The molecule has 0 aromatic heterocycles. The molecule has 50 valence electrons. The minimum absolute atomic E-state index is 0.0278. The molecule has 3 atom stereocenters. The lowest BCUT2D eigenvalue weighted by molar-refractivity contribution is 0.0887. The molecule has 2 aliphatic carbocycles. The smallest absolute Gasteiger partial charge is 0.0603 e. The minimum atomic E-state index is -0.0278. The Morgan fingerprint density at radius 1 is 1.22 bits per heavy atom. The van der Waals surface area contributed by atoms with Gasteiger partial charge >= 0.3 is 0 Å². The standard InChI is InChI=1S/C8H12O/c9-8-4-2-6-1-3-7(8)5-6/h1,3,6-9H,2,4-5H2/t6-,7-,8+/m1/s1. The molecule has 0 heterocycles. The highest BCUT2D eigenvalue weighted by atomic mass is 16.3. The molecule has 1 fully saturated rings. The second-order valence-corrected chi connectivity index (χ2v) is 3.19. The van der Waals surface area contributed by atoms with Crippen molar-refractivity contribution in [1.29, 1.82) is 0 Å². The van der Waals surface area contributed by atoms with Crippen molar-refractivity contribution in [2.75, 3.05) is 0 Å². The summed E-state index contributed by atoms with van der Waals surface area (Å²) >= 11 is 0. The van der Waals surface area contributed by atoms with Gasteiger partial charge in [0.15, 0.2) is 0 Å². The molecule has 2 aliphatic rings. The number of hydrogen-bond acceptors (Lipinski definition) is 1. The fraction of sp³-hybridized carbons (Fsp3) is 0.750. The highest BCUT2D eigenvalue weighted by Crippen LogP contribution is 2.36. The van der Waals surface area contributed by atoms with Crippen LogP contribution in [0.3, 0.4) is 0 Å². The summed E-state index contributed by atoms with van der Waals surface area (Å²) < 4.78 is 0. The Morgan fingerprint density at radius 2 is 2.11 bits per heavy atom. The molecule has 0 aromatic rings. The molecule has 0 aromatic carbocycles. The molecule has 2 bridgehead atoms. The van der Waals surface area contributed by atoms with Crippen LogP contribution in [0, 0.1) is 11.8 Å². The topological polar surface area (TPSA) is 20.2 Å².